The molecule has 5 heteroatoms. The normalized spacial score (nSPS) is 13.8. The number of rotatable bonds is 49. The number of carbonyl (C=O) groups is 1. The molecule has 3 atom stereocenters. The summed E-state index contributed by atoms with van der Waals surface area (Å²) in [4.78, 5) is 12.5. The van der Waals surface area contributed by atoms with Crippen LogP contribution in [0.2, 0.25) is 0 Å². The zero-order valence-electron chi connectivity index (χ0n) is 41.2. The summed E-state index contributed by atoms with van der Waals surface area (Å²) in [6, 6.07) is -0.769. The Morgan fingerprint density at radius 1 is 0.419 bits per heavy atom. The largest absolute Gasteiger partial charge is 0.394 e. The van der Waals surface area contributed by atoms with Crippen LogP contribution in [-0.2, 0) is 4.79 Å². The molecule has 0 radical (unpaired) electrons. The molecular weight excluding hydrogens is 763 g/mol. The van der Waals surface area contributed by atoms with Crippen molar-refractivity contribution in [3.05, 3.63) is 60.8 Å². The van der Waals surface area contributed by atoms with Gasteiger partial charge in [-0.25, -0.2) is 0 Å². The predicted octanol–water partition coefficient (Wildman–Crippen LogP) is 16.6. The van der Waals surface area contributed by atoms with E-state index in [-0.39, 0.29) is 18.9 Å². The monoisotopic (exact) mass is 868 g/mol. The van der Waals surface area contributed by atoms with Gasteiger partial charge in [-0.2, -0.15) is 0 Å². The summed E-state index contributed by atoms with van der Waals surface area (Å²) in [6.07, 6.45) is 69.8. The summed E-state index contributed by atoms with van der Waals surface area (Å²) in [5, 5.41) is 33.3. The van der Waals surface area contributed by atoms with Crippen LogP contribution in [0.1, 0.15) is 271 Å². The third kappa shape index (κ3) is 47.5. The summed E-state index contributed by atoms with van der Waals surface area (Å²) in [5.74, 6) is -0.329. The molecule has 0 aromatic rings. The minimum absolute atomic E-state index is 0.00131. The predicted molar refractivity (Wildman–Crippen MR) is 273 cm³/mol. The molecule has 0 aromatic carbocycles. The molecular formula is C57H105NO4. The van der Waals surface area contributed by atoms with Crippen LogP contribution in [0.4, 0.5) is 0 Å². The minimum Gasteiger partial charge on any atom is -0.394 e. The van der Waals surface area contributed by atoms with E-state index in [1.165, 1.54) is 199 Å². The maximum atomic E-state index is 12.5. The summed E-state index contributed by atoms with van der Waals surface area (Å²) >= 11 is 0. The molecule has 0 aromatic heterocycles. The van der Waals surface area contributed by atoms with Crippen molar-refractivity contribution in [2.24, 2.45) is 0 Å². The number of amides is 1. The Bertz CT molecular complexity index is 1050. The molecule has 4 N–H and O–H groups in total. The molecule has 62 heavy (non-hydrogen) atoms. The van der Waals surface area contributed by atoms with Gasteiger partial charge < -0.3 is 20.6 Å². The van der Waals surface area contributed by atoms with E-state index in [0.29, 0.717) is 6.42 Å². The Kier molecular flexibility index (Phi) is 50.1. The van der Waals surface area contributed by atoms with Gasteiger partial charge in [0.05, 0.1) is 31.3 Å². The Hall–Kier alpha value is -1.95. The fourth-order valence-corrected chi connectivity index (χ4v) is 8.11. The van der Waals surface area contributed by atoms with Crippen molar-refractivity contribution in [3.63, 3.8) is 0 Å². The van der Waals surface area contributed by atoms with Crippen LogP contribution in [0.25, 0.3) is 0 Å². The number of carbonyl (C=O) groups excluding carboxylic acids is 1. The molecule has 0 bridgehead atoms. The van der Waals surface area contributed by atoms with E-state index in [9.17, 15) is 20.1 Å². The molecule has 0 rings (SSSR count). The number of hydrogen-bond acceptors (Lipinski definition) is 4. The summed E-state index contributed by atoms with van der Waals surface area (Å²) < 4.78 is 0. The van der Waals surface area contributed by atoms with Crippen molar-refractivity contribution >= 4 is 5.91 Å². The van der Waals surface area contributed by atoms with Crippen LogP contribution in [0.3, 0.4) is 0 Å². The fourth-order valence-electron chi connectivity index (χ4n) is 8.11. The van der Waals surface area contributed by atoms with E-state index in [2.05, 4.69) is 67.8 Å². The zero-order chi connectivity index (χ0) is 45.1. The highest BCUT2D eigenvalue weighted by Gasteiger charge is 2.20. The SMILES string of the molecule is CCCCCCCC/C=C/CC/C=C/CC/C=C/C(O)C(CO)NC(=O)CC(O)CCCCCCCCCCCCCCCCC/C=C\C/C=C\CCCCCCCCCCC. The van der Waals surface area contributed by atoms with Crippen LogP contribution in [-0.4, -0.2) is 46.1 Å². The van der Waals surface area contributed by atoms with Crippen LogP contribution in [0.5, 0.6) is 0 Å². The molecule has 0 heterocycles. The van der Waals surface area contributed by atoms with Gasteiger partial charge in [0.1, 0.15) is 0 Å². The van der Waals surface area contributed by atoms with Gasteiger partial charge in [-0.1, -0.05) is 248 Å². The van der Waals surface area contributed by atoms with E-state index in [0.717, 1.165) is 44.9 Å². The lowest BCUT2D eigenvalue weighted by Gasteiger charge is -2.21. The molecule has 0 aliphatic rings. The second kappa shape index (κ2) is 51.7. The standard InChI is InChI=1S/C57H105NO4/c1-3-5-7-9-11-13-15-17-19-21-22-23-24-25-26-27-28-29-30-31-32-33-34-35-36-38-40-42-44-46-48-50-54(60)52-57(62)58-55(53-59)56(61)51-49-47-45-43-41-39-37-20-18-16-14-12-10-8-6-4-2/h18,20,22-23,25-26,41,43,49,51,54-56,59-61H,3-17,19,21,24,27-40,42,44-48,50,52-53H2,1-2H3,(H,58,62)/b20-18+,23-22-,26-25-,43-41+,51-49+. The summed E-state index contributed by atoms with van der Waals surface area (Å²) in [7, 11) is 0. The third-order valence-electron chi connectivity index (χ3n) is 12.3. The van der Waals surface area contributed by atoms with Gasteiger partial charge in [0.25, 0.3) is 0 Å². The van der Waals surface area contributed by atoms with Gasteiger partial charge in [0.2, 0.25) is 5.91 Å². The van der Waals surface area contributed by atoms with E-state index in [1.807, 2.05) is 6.08 Å². The Balaban J connectivity index is 3.59. The highest BCUT2D eigenvalue weighted by Crippen LogP contribution is 2.16. The van der Waals surface area contributed by atoms with Crippen LogP contribution in [0, 0.1) is 0 Å². The van der Waals surface area contributed by atoms with Crippen molar-refractivity contribution in [2.75, 3.05) is 6.61 Å². The van der Waals surface area contributed by atoms with Crippen LogP contribution < -0.4 is 5.32 Å². The van der Waals surface area contributed by atoms with Gasteiger partial charge in [-0.05, 0) is 77.0 Å². The first-order valence-electron chi connectivity index (χ1n) is 27.1. The third-order valence-corrected chi connectivity index (χ3v) is 12.3. The van der Waals surface area contributed by atoms with Gasteiger partial charge in [-0.15, -0.1) is 0 Å². The quantitative estimate of drug-likeness (QED) is 0.0362. The lowest BCUT2D eigenvalue weighted by Crippen LogP contribution is -2.45. The number of hydrogen-bond donors (Lipinski definition) is 4. The maximum Gasteiger partial charge on any atom is 0.222 e. The first-order chi connectivity index (χ1) is 30.5. The van der Waals surface area contributed by atoms with E-state index >= 15 is 0 Å². The lowest BCUT2D eigenvalue weighted by molar-refractivity contribution is -0.124. The van der Waals surface area contributed by atoms with Crippen molar-refractivity contribution < 1.29 is 20.1 Å². The van der Waals surface area contributed by atoms with Gasteiger partial charge in [0, 0.05) is 0 Å². The molecule has 362 valence electrons. The number of aliphatic hydroxyl groups is 3. The molecule has 1 amide bonds. The van der Waals surface area contributed by atoms with Crippen molar-refractivity contribution in [1.82, 2.24) is 5.32 Å². The fraction of sp³-hybridized carbons (Fsp3) is 0.807. The Morgan fingerprint density at radius 2 is 0.742 bits per heavy atom. The van der Waals surface area contributed by atoms with Gasteiger partial charge >= 0.3 is 0 Å². The maximum absolute atomic E-state index is 12.5. The van der Waals surface area contributed by atoms with Crippen LogP contribution >= 0.6 is 0 Å². The number of allylic oxidation sites excluding steroid dienone is 9. The second-order valence-electron chi connectivity index (χ2n) is 18.5. The first-order valence-corrected chi connectivity index (χ1v) is 27.1. The average Bonchev–Trinajstić information content (AvgIpc) is 3.27. The second-order valence-corrected chi connectivity index (χ2v) is 18.5. The van der Waals surface area contributed by atoms with Crippen molar-refractivity contribution in [2.45, 2.75) is 289 Å². The number of nitrogens with one attached hydrogen (secondary N) is 1. The highest BCUT2D eigenvalue weighted by atomic mass is 16.3. The van der Waals surface area contributed by atoms with Crippen molar-refractivity contribution in [1.29, 1.82) is 0 Å². The van der Waals surface area contributed by atoms with E-state index in [4.69, 9.17) is 0 Å². The number of aliphatic hydroxyl groups excluding tert-OH is 3. The molecule has 3 unspecified atom stereocenters. The van der Waals surface area contributed by atoms with E-state index in [1.54, 1.807) is 6.08 Å². The minimum atomic E-state index is -0.961. The topological polar surface area (TPSA) is 89.8 Å². The molecule has 0 aliphatic heterocycles. The molecule has 0 saturated heterocycles. The molecule has 0 aliphatic carbocycles. The highest BCUT2D eigenvalue weighted by molar-refractivity contribution is 5.76. The lowest BCUT2D eigenvalue weighted by atomic mass is 10.0. The van der Waals surface area contributed by atoms with E-state index < -0.39 is 18.2 Å². The Labute approximate surface area is 386 Å². The van der Waals surface area contributed by atoms with Gasteiger partial charge in [-0.3, -0.25) is 4.79 Å². The van der Waals surface area contributed by atoms with Crippen molar-refractivity contribution in [3.8, 4) is 0 Å². The Morgan fingerprint density at radius 3 is 1.13 bits per heavy atom. The number of unbranched alkanes of at least 4 members (excludes halogenated alkanes) is 32. The van der Waals surface area contributed by atoms with Crippen LogP contribution in [0.15, 0.2) is 60.8 Å². The summed E-state index contributed by atoms with van der Waals surface area (Å²) in [6.45, 7) is 4.20. The van der Waals surface area contributed by atoms with Gasteiger partial charge in [0.15, 0.2) is 0 Å². The molecule has 0 spiro atoms. The first kappa shape index (κ1) is 60.1. The zero-order valence-corrected chi connectivity index (χ0v) is 41.2. The smallest absolute Gasteiger partial charge is 0.222 e. The average molecular weight is 868 g/mol. The summed E-state index contributed by atoms with van der Waals surface area (Å²) in [5.41, 5.74) is 0. The molecule has 0 saturated carbocycles. The molecule has 5 nitrogen and oxygen atoms in total. The molecule has 0 fully saturated rings.